The van der Waals surface area contributed by atoms with Crippen molar-refractivity contribution in [1.82, 2.24) is 63.6 Å². The molecule has 0 radical (unpaired) electrons. The van der Waals surface area contributed by atoms with Gasteiger partial charge in [-0.05, 0) is 173 Å². The Balaban J connectivity index is 0.000000137. The second-order valence-corrected chi connectivity index (χ2v) is 28.0. The third kappa shape index (κ3) is 18.8. The topological polar surface area (TPSA) is 232 Å². The SMILES string of the molecule is COc1ccc(C(O)c2cnc(Cl)s2)cc1-n1cccn1.COc1ccc(C=O)cc1-n1cccn1.COc1ccc(C=O)cc1Br.COc1ccc(Cc2cnc(Cl)s2)cc1-n1cccn1.COc1ccc(Cc2cnc(N3CCc4ccc(-n5cc(C)nc5C)cc4C3)s2)cc1-n1cccn1. The zero-order chi connectivity index (χ0) is 72.4. The van der Waals surface area contributed by atoms with Gasteiger partial charge in [0.25, 0.3) is 0 Å². The van der Waals surface area contributed by atoms with Gasteiger partial charge >= 0.3 is 0 Å². The molecule has 0 fully saturated rings. The van der Waals surface area contributed by atoms with Crippen LogP contribution >= 0.6 is 73.1 Å². The molecular weight excluding hydrogens is 1470 g/mol. The average molecular weight is 1540 g/mol. The number of carbonyl (C=O) groups is 2. The Kier molecular flexibility index (Phi) is 25.3. The van der Waals surface area contributed by atoms with Crippen molar-refractivity contribution in [3.63, 3.8) is 0 Å². The number of imidazole rings is 1. The Bertz CT molecular complexity index is 5080. The van der Waals surface area contributed by atoms with Gasteiger partial charge < -0.3 is 38.3 Å². The average Bonchev–Trinajstić information content (AvgIpc) is 1.78. The number of hydrogen-bond donors (Lipinski definition) is 1. The first kappa shape index (κ1) is 73.6. The van der Waals surface area contributed by atoms with E-state index in [-0.39, 0.29) is 0 Å². The van der Waals surface area contributed by atoms with E-state index in [1.54, 1.807) is 141 Å². The first-order chi connectivity index (χ1) is 50.1. The van der Waals surface area contributed by atoms with Crippen LogP contribution in [-0.2, 0) is 25.8 Å². The number of benzene rings is 6. The number of aromatic nitrogens is 13. The van der Waals surface area contributed by atoms with Gasteiger partial charge in [-0.3, -0.25) is 9.59 Å². The quantitative estimate of drug-likeness (QED) is 0.0742. The summed E-state index contributed by atoms with van der Waals surface area (Å²) in [4.78, 5) is 43.8. The van der Waals surface area contributed by atoms with Crippen molar-refractivity contribution in [3.05, 3.63) is 286 Å². The number of fused-ring (bicyclic) bond motifs is 1. The number of thiazole rings is 3. The van der Waals surface area contributed by atoms with Crippen LogP contribution in [0.5, 0.6) is 28.7 Å². The van der Waals surface area contributed by atoms with Crippen LogP contribution in [0.4, 0.5) is 5.13 Å². The van der Waals surface area contributed by atoms with Crippen molar-refractivity contribution in [2.45, 2.75) is 45.8 Å². The molecule has 15 rings (SSSR count). The fourth-order valence-corrected chi connectivity index (χ4v) is 14.6. The molecule has 9 heterocycles. The minimum atomic E-state index is -0.782. The number of methoxy groups -OCH3 is 5. The van der Waals surface area contributed by atoms with Crippen molar-refractivity contribution in [2.75, 3.05) is 47.0 Å². The molecule has 526 valence electrons. The molecule has 103 heavy (non-hydrogen) atoms. The predicted molar refractivity (Wildman–Crippen MR) is 406 cm³/mol. The van der Waals surface area contributed by atoms with Gasteiger partial charge in [-0.25, -0.2) is 38.7 Å². The number of aliphatic hydroxyl groups is 1. The molecule has 0 saturated carbocycles. The highest BCUT2D eigenvalue weighted by atomic mass is 79.9. The highest BCUT2D eigenvalue weighted by Crippen LogP contribution is 2.36. The van der Waals surface area contributed by atoms with Crippen LogP contribution in [0.2, 0.25) is 8.93 Å². The summed E-state index contributed by atoms with van der Waals surface area (Å²) in [6.07, 6.45) is 25.3. The predicted octanol–water partition coefficient (Wildman–Crippen LogP) is 15.9. The Morgan fingerprint density at radius 2 is 1.03 bits per heavy atom. The number of ether oxygens (including phenoxy) is 5. The number of hydrogen-bond acceptors (Lipinski definition) is 20. The van der Waals surface area contributed by atoms with Crippen molar-refractivity contribution >= 4 is 90.8 Å². The van der Waals surface area contributed by atoms with E-state index < -0.39 is 6.10 Å². The molecule has 0 aliphatic carbocycles. The Hall–Kier alpha value is -10.6. The molecule has 1 aliphatic rings. The summed E-state index contributed by atoms with van der Waals surface area (Å²) < 4.78 is 37.4. The Morgan fingerprint density at radius 3 is 1.50 bits per heavy atom. The van der Waals surface area contributed by atoms with E-state index in [0.717, 1.165) is 122 Å². The number of aliphatic hydroxyl groups excluding tert-OH is 1. The van der Waals surface area contributed by atoms with E-state index >= 15 is 0 Å². The van der Waals surface area contributed by atoms with Crippen molar-refractivity contribution < 1.29 is 38.4 Å². The number of rotatable bonds is 19. The molecule has 0 saturated heterocycles. The second-order valence-electron chi connectivity index (χ2n) is 22.7. The standard InChI is InChI=1S/C28H28N6OS.C14H12ClN3O2S.C14H12ClN3OS.C11H10N2O2.C8H7BrO2/c1-19-17-33(20(2)31-19)24-7-6-22-9-12-32(18-23(22)15-24)28-29-16-25(36-28)13-21-5-8-27(35-3)26(14-21)34-11-4-10-30-34;1-20-11-4-3-9(7-10(11)18-6-2-5-17-18)13(19)12-8-16-14(15)21-12;1-19-13-4-3-10(7-11-9-16-14(15)20-11)8-12(13)18-6-2-5-17-18;1-15-11-4-3-9(8-14)7-10(11)13-6-2-5-12-13;1-11-8-3-2-6(5-10)4-7(8)9/h4-8,10-11,14-17H,9,12-13,18H2,1-3H3;2-8,13,19H,1H3;2-6,8-9H,7H2,1H3;2-8H,1H3;2-5H,1H3. The summed E-state index contributed by atoms with van der Waals surface area (Å²) in [6.45, 7) is 5.94. The molecule has 0 bridgehead atoms. The molecule has 14 aromatic rings. The molecule has 0 spiro atoms. The van der Waals surface area contributed by atoms with Crippen molar-refractivity contribution in [1.29, 1.82) is 0 Å². The number of halogens is 3. The van der Waals surface area contributed by atoms with Gasteiger partial charge in [-0.2, -0.15) is 20.4 Å². The second kappa shape index (κ2) is 35.3. The molecular formula is C75H69BrCl2N14O8S3. The van der Waals surface area contributed by atoms with E-state index in [0.29, 0.717) is 36.4 Å². The summed E-state index contributed by atoms with van der Waals surface area (Å²) in [5, 5.41) is 28.4. The number of aryl methyl sites for hydroxylation is 2. The van der Waals surface area contributed by atoms with Crippen LogP contribution in [0, 0.1) is 13.8 Å². The lowest BCUT2D eigenvalue weighted by atomic mass is 9.99. The van der Waals surface area contributed by atoms with Gasteiger partial charge in [-0.15, -0.1) is 34.0 Å². The number of aldehydes is 2. The Morgan fingerprint density at radius 1 is 0.544 bits per heavy atom. The van der Waals surface area contributed by atoms with Crippen LogP contribution in [0.3, 0.4) is 0 Å². The number of carbonyl (C=O) groups excluding carboxylic acids is 2. The molecule has 28 heteroatoms. The maximum atomic E-state index is 10.7. The number of anilines is 1. The van der Waals surface area contributed by atoms with Gasteiger partial charge in [0.2, 0.25) is 0 Å². The van der Waals surface area contributed by atoms with Crippen molar-refractivity contribution in [3.8, 4) is 57.2 Å². The third-order valence-corrected chi connectivity index (χ3v) is 20.0. The molecule has 22 nitrogen and oxygen atoms in total. The summed E-state index contributed by atoms with van der Waals surface area (Å²) >= 11 is 19.5. The molecule has 1 aliphatic heterocycles. The van der Waals surface area contributed by atoms with Gasteiger partial charge in [0.15, 0.2) is 14.1 Å². The summed E-state index contributed by atoms with van der Waals surface area (Å²) in [6, 6.07) is 42.4. The summed E-state index contributed by atoms with van der Waals surface area (Å²) in [5.74, 6) is 4.70. The lowest BCUT2D eigenvalue weighted by molar-refractivity contribution is 0.111. The zero-order valence-electron chi connectivity index (χ0n) is 56.8. The van der Waals surface area contributed by atoms with E-state index in [9.17, 15) is 14.7 Å². The lowest BCUT2D eigenvalue weighted by Gasteiger charge is -2.29. The summed E-state index contributed by atoms with van der Waals surface area (Å²) in [5.41, 5.74) is 12.7. The largest absolute Gasteiger partial charge is 0.496 e. The maximum Gasteiger partial charge on any atom is 0.185 e. The van der Waals surface area contributed by atoms with E-state index in [4.69, 9.17) is 51.9 Å². The van der Waals surface area contributed by atoms with E-state index in [1.807, 2.05) is 97.2 Å². The first-order valence-corrected chi connectivity index (χ1v) is 35.8. The van der Waals surface area contributed by atoms with Gasteiger partial charge in [0.05, 0.1) is 50.6 Å². The molecule has 1 N–H and O–H groups in total. The smallest absolute Gasteiger partial charge is 0.185 e. The third-order valence-electron chi connectivity index (χ3n) is 16.0. The van der Waals surface area contributed by atoms with E-state index in [1.165, 1.54) is 49.9 Å². The fraction of sp³-hybridized carbons (Fsp3) is 0.173. The van der Waals surface area contributed by atoms with Crippen LogP contribution in [0.15, 0.2) is 212 Å². The fourth-order valence-electron chi connectivity index (χ4n) is 11.0. The number of nitrogens with zero attached hydrogens (tertiary/aromatic N) is 14. The molecule has 1 atom stereocenters. The van der Waals surface area contributed by atoms with Gasteiger partial charge in [-0.1, -0.05) is 47.5 Å². The zero-order valence-corrected chi connectivity index (χ0v) is 62.4. The molecule has 8 aromatic heterocycles. The maximum absolute atomic E-state index is 10.7. The van der Waals surface area contributed by atoms with Gasteiger partial charge in [0.1, 0.15) is 76.0 Å². The highest BCUT2D eigenvalue weighted by molar-refractivity contribution is 9.10. The van der Waals surface area contributed by atoms with Gasteiger partial charge in [0, 0.05) is 127 Å². The van der Waals surface area contributed by atoms with Crippen LogP contribution in [0.1, 0.15) is 80.8 Å². The highest BCUT2D eigenvalue weighted by Gasteiger charge is 2.22. The molecule has 6 aromatic carbocycles. The summed E-state index contributed by atoms with van der Waals surface area (Å²) in [7, 11) is 8.12. The van der Waals surface area contributed by atoms with E-state index in [2.05, 4.69) is 110 Å². The van der Waals surface area contributed by atoms with Crippen LogP contribution in [-0.4, -0.2) is 123 Å². The molecule has 0 amide bonds. The normalized spacial score (nSPS) is 11.6. The molecule has 1 unspecified atom stereocenters. The minimum absolute atomic E-state index is 0.407. The van der Waals surface area contributed by atoms with Crippen molar-refractivity contribution in [2.24, 2.45) is 0 Å². The van der Waals surface area contributed by atoms with Crippen LogP contribution < -0.4 is 28.6 Å². The monoisotopic (exact) mass is 1540 g/mol. The first-order valence-electron chi connectivity index (χ1n) is 31.8. The minimum Gasteiger partial charge on any atom is -0.496 e. The van der Waals surface area contributed by atoms with Crippen LogP contribution in [0.25, 0.3) is 28.4 Å². The lowest BCUT2D eigenvalue weighted by Crippen LogP contribution is -2.30. The Labute approximate surface area is 624 Å².